The minimum atomic E-state index is -0.199. The average Bonchev–Trinajstić information content (AvgIpc) is 2.80. The van der Waals surface area contributed by atoms with Crippen LogP contribution in [-0.2, 0) is 11.3 Å². The second-order valence-electron chi connectivity index (χ2n) is 8.38. The van der Waals surface area contributed by atoms with Gasteiger partial charge in [0.1, 0.15) is 12.4 Å². The van der Waals surface area contributed by atoms with E-state index < -0.39 is 0 Å². The number of pyridine rings is 1. The molecule has 2 aliphatic heterocycles. The highest BCUT2D eigenvalue weighted by Crippen LogP contribution is 2.31. The van der Waals surface area contributed by atoms with E-state index in [0.717, 1.165) is 36.0 Å². The highest BCUT2D eigenvalue weighted by molar-refractivity contribution is 5.74. The van der Waals surface area contributed by atoms with E-state index in [2.05, 4.69) is 29.0 Å². The fourth-order valence-electron chi connectivity index (χ4n) is 4.12. The number of carbonyl (C=O) groups is 1. The first-order valence-corrected chi connectivity index (χ1v) is 11.3. The Morgan fingerprint density at radius 3 is 2.59 bits per heavy atom. The van der Waals surface area contributed by atoms with Crippen LogP contribution in [0.15, 0.2) is 42.6 Å². The average molecular weight is 441 g/mol. The molecule has 3 unspecified atom stereocenters. The van der Waals surface area contributed by atoms with Gasteiger partial charge in [-0.1, -0.05) is 18.2 Å². The van der Waals surface area contributed by atoms with E-state index in [1.54, 1.807) is 4.90 Å². The molecule has 2 aliphatic rings. The summed E-state index contributed by atoms with van der Waals surface area (Å²) in [6.07, 6.45) is 2.00. The molecule has 172 valence electrons. The molecule has 0 radical (unpaired) electrons. The minimum Gasteiger partial charge on any atom is -0.486 e. The summed E-state index contributed by atoms with van der Waals surface area (Å²) in [7, 11) is 0. The molecule has 0 saturated carbocycles. The fraction of sp³-hybridized carbons (Fsp3) is 0.500. The quantitative estimate of drug-likeness (QED) is 0.744. The summed E-state index contributed by atoms with van der Waals surface area (Å²) in [6, 6.07) is 11.5. The van der Waals surface area contributed by atoms with Crippen LogP contribution in [0.5, 0.6) is 11.5 Å². The lowest BCUT2D eigenvalue weighted by Gasteiger charge is -2.36. The van der Waals surface area contributed by atoms with Crippen LogP contribution >= 0.6 is 0 Å². The number of ether oxygens (including phenoxy) is 3. The molecule has 32 heavy (non-hydrogen) atoms. The zero-order chi connectivity index (χ0) is 22.5. The van der Waals surface area contributed by atoms with Crippen LogP contribution in [-0.4, -0.2) is 67.0 Å². The van der Waals surface area contributed by atoms with Crippen LogP contribution in [0.25, 0.3) is 0 Å². The maximum absolute atomic E-state index is 12.7. The molecule has 0 aliphatic carbocycles. The van der Waals surface area contributed by atoms with Crippen LogP contribution in [0.4, 0.5) is 10.6 Å². The van der Waals surface area contributed by atoms with Crippen molar-refractivity contribution in [3.05, 3.63) is 48.2 Å². The normalized spacial score (nSPS) is 22.3. The molecular formula is C24H32N4O4. The Kier molecular flexibility index (Phi) is 6.99. The summed E-state index contributed by atoms with van der Waals surface area (Å²) in [5.41, 5.74) is 0.957. The number of nitrogens with one attached hydrogen (secondary N) is 1. The number of morpholine rings is 1. The molecule has 4 rings (SSSR count). The third-order valence-corrected chi connectivity index (χ3v) is 5.66. The van der Waals surface area contributed by atoms with Gasteiger partial charge in [0.25, 0.3) is 0 Å². The van der Waals surface area contributed by atoms with E-state index in [1.807, 2.05) is 49.5 Å². The van der Waals surface area contributed by atoms with Gasteiger partial charge in [-0.2, -0.15) is 0 Å². The van der Waals surface area contributed by atoms with Gasteiger partial charge >= 0.3 is 6.03 Å². The second kappa shape index (κ2) is 10.1. The number of rotatable bonds is 6. The van der Waals surface area contributed by atoms with Crippen LogP contribution in [0, 0.1) is 0 Å². The van der Waals surface area contributed by atoms with Crippen LogP contribution in [0.3, 0.4) is 0 Å². The number of hydrogen-bond acceptors (Lipinski definition) is 6. The monoisotopic (exact) mass is 440 g/mol. The van der Waals surface area contributed by atoms with Gasteiger partial charge in [0.05, 0.1) is 18.8 Å². The molecule has 8 heteroatoms. The molecule has 8 nitrogen and oxygen atoms in total. The van der Waals surface area contributed by atoms with Crippen molar-refractivity contribution >= 4 is 11.8 Å². The first-order chi connectivity index (χ1) is 15.5. The molecule has 1 N–H and O–H groups in total. The van der Waals surface area contributed by atoms with E-state index in [-0.39, 0.29) is 24.3 Å². The molecule has 0 spiro atoms. The molecule has 3 atom stereocenters. The van der Waals surface area contributed by atoms with E-state index >= 15 is 0 Å². The summed E-state index contributed by atoms with van der Waals surface area (Å²) in [5.74, 6) is 2.40. The molecule has 1 aromatic carbocycles. The number of benzene rings is 1. The Morgan fingerprint density at radius 1 is 1.16 bits per heavy atom. The highest BCUT2D eigenvalue weighted by atomic mass is 16.6. The number of amides is 2. The van der Waals surface area contributed by atoms with Crippen LogP contribution in [0.2, 0.25) is 0 Å². The Morgan fingerprint density at radius 2 is 1.91 bits per heavy atom. The Balaban J connectivity index is 1.28. The number of hydrogen-bond donors (Lipinski definition) is 1. The largest absolute Gasteiger partial charge is 0.486 e. The van der Waals surface area contributed by atoms with Crippen molar-refractivity contribution < 1.29 is 19.0 Å². The number of aromatic nitrogens is 1. The lowest BCUT2D eigenvalue weighted by Crippen LogP contribution is -2.47. The number of fused-ring (bicyclic) bond motifs is 1. The Labute approximate surface area is 189 Å². The summed E-state index contributed by atoms with van der Waals surface area (Å²) in [5, 5.41) is 2.99. The van der Waals surface area contributed by atoms with Gasteiger partial charge in [-0.15, -0.1) is 0 Å². The zero-order valence-corrected chi connectivity index (χ0v) is 19.0. The van der Waals surface area contributed by atoms with Crippen molar-refractivity contribution in [3.8, 4) is 11.5 Å². The topological polar surface area (TPSA) is 76.2 Å². The predicted octanol–water partition coefficient (Wildman–Crippen LogP) is 3.07. The van der Waals surface area contributed by atoms with Gasteiger partial charge in [-0.05, 0) is 44.5 Å². The standard InChI is InChI=1S/C24H32N4O4/c1-4-27(15-20-16-30-21-7-5-6-8-22(21)32-20)24(29)26-12-19-9-10-23(25-11-19)28-13-17(2)31-18(3)14-28/h5-11,17-18,20H,4,12-16H2,1-3H3,(H,26,29). The Hall–Kier alpha value is -3.00. The predicted molar refractivity (Wildman–Crippen MR) is 122 cm³/mol. The van der Waals surface area contributed by atoms with Gasteiger partial charge in [0.2, 0.25) is 0 Å². The molecule has 1 saturated heterocycles. The molecular weight excluding hydrogens is 408 g/mol. The molecule has 3 heterocycles. The smallest absolute Gasteiger partial charge is 0.317 e. The number of nitrogens with zero attached hydrogens (tertiary/aromatic N) is 3. The summed E-state index contributed by atoms with van der Waals surface area (Å²) >= 11 is 0. The third kappa shape index (κ3) is 5.43. The lowest BCUT2D eigenvalue weighted by atomic mass is 10.2. The molecule has 0 bridgehead atoms. The fourth-order valence-corrected chi connectivity index (χ4v) is 4.12. The van der Waals surface area contributed by atoms with Crippen molar-refractivity contribution in [1.82, 2.24) is 15.2 Å². The van der Waals surface area contributed by atoms with Crippen LogP contribution in [0.1, 0.15) is 26.3 Å². The number of para-hydroxylation sites is 2. The first-order valence-electron chi connectivity index (χ1n) is 11.3. The van der Waals surface area contributed by atoms with Gasteiger partial charge < -0.3 is 29.3 Å². The maximum Gasteiger partial charge on any atom is 0.317 e. The SMILES string of the molecule is CCN(CC1COc2ccccc2O1)C(=O)NCc1ccc(N2CC(C)OC(C)C2)nc1. The number of likely N-dealkylation sites (N-methyl/N-ethyl adjacent to an activating group) is 1. The molecule has 1 aromatic heterocycles. The third-order valence-electron chi connectivity index (χ3n) is 5.66. The molecule has 2 aromatic rings. The van der Waals surface area contributed by atoms with E-state index in [1.165, 1.54) is 0 Å². The van der Waals surface area contributed by atoms with Gasteiger partial charge in [0.15, 0.2) is 17.6 Å². The van der Waals surface area contributed by atoms with Crippen molar-refractivity contribution in [2.24, 2.45) is 0 Å². The van der Waals surface area contributed by atoms with Crippen LogP contribution < -0.4 is 19.7 Å². The summed E-state index contributed by atoms with van der Waals surface area (Å²) in [6.45, 7) is 9.66. The van der Waals surface area contributed by atoms with Crippen molar-refractivity contribution in [2.45, 2.75) is 45.6 Å². The number of urea groups is 1. The van der Waals surface area contributed by atoms with Gasteiger partial charge in [-0.25, -0.2) is 9.78 Å². The lowest BCUT2D eigenvalue weighted by molar-refractivity contribution is -0.00546. The highest BCUT2D eigenvalue weighted by Gasteiger charge is 2.25. The van der Waals surface area contributed by atoms with E-state index in [9.17, 15) is 4.79 Å². The molecule has 1 fully saturated rings. The van der Waals surface area contributed by atoms with Crippen molar-refractivity contribution in [1.29, 1.82) is 0 Å². The zero-order valence-electron chi connectivity index (χ0n) is 19.0. The van der Waals surface area contributed by atoms with Crippen molar-refractivity contribution in [3.63, 3.8) is 0 Å². The first kappa shape index (κ1) is 22.2. The van der Waals surface area contributed by atoms with E-state index in [4.69, 9.17) is 14.2 Å². The van der Waals surface area contributed by atoms with Gasteiger partial charge in [0, 0.05) is 32.4 Å². The van der Waals surface area contributed by atoms with E-state index in [0.29, 0.717) is 26.2 Å². The molecule has 2 amide bonds. The van der Waals surface area contributed by atoms with Gasteiger partial charge in [-0.3, -0.25) is 0 Å². The summed E-state index contributed by atoms with van der Waals surface area (Å²) < 4.78 is 17.5. The minimum absolute atomic E-state index is 0.130. The Bertz CT molecular complexity index is 897. The second-order valence-corrected chi connectivity index (χ2v) is 8.38. The maximum atomic E-state index is 12.7. The number of anilines is 1. The number of carbonyl (C=O) groups excluding carboxylic acids is 1. The van der Waals surface area contributed by atoms with Crippen molar-refractivity contribution in [2.75, 3.05) is 37.7 Å². The summed E-state index contributed by atoms with van der Waals surface area (Å²) in [4.78, 5) is 21.3.